The van der Waals surface area contributed by atoms with Crippen LogP contribution in [0.15, 0.2) is 42.0 Å². The fourth-order valence-electron chi connectivity index (χ4n) is 12.0. The van der Waals surface area contributed by atoms with Gasteiger partial charge in [-0.1, -0.05) is 65.3 Å². The predicted molar refractivity (Wildman–Crippen MR) is 175 cm³/mol. The summed E-state index contributed by atoms with van der Waals surface area (Å²) in [6.07, 6.45) is 13.4. The first-order chi connectivity index (χ1) is 21.1. The quantitative estimate of drug-likeness (QED) is 0.175. The van der Waals surface area contributed by atoms with Crippen LogP contribution in [-0.4, -0.2) is 40.0 Å². The Morgan fingerprint density at radius 2 is 1.64 bits per heavy atom. The topological polar surface area (TPSA) is 104 Å². The van der Waals surface area contributed by atoms with Crippen molar-refractivity contribution in [2.45, 2.75) is 105 Å². The molecule has 1 aromatic carbocycles. The van der Waals surface area contributed by atoms with Gasteiger partial charge in [-0.05, 0) is 133 Å². The fraction of sp³-hybridized carbons (Fsp3) is 0.692. The minimum atomic E-state index is -0.773. The van der Waals surface area contributed by atoms with Gasteiger partial charge in [-0.15, -0.1) is 0 Å². The average Bonchev–Trinajstić information content (AvgIpc) is 2.98. The van der Waals surface area contributed by atoms with Crippen molar-refractivity contribution < 1.29 is 29.6 Å². The highest BCUT2D eigenvalue weighted by Crippen LogP contribution is 2.75. The van der Waals surface area contributed by atoms with Gasteiger partial charge in [0.2, 0.25) is 0 Å². The van der Waals surface area contributed by atoms with Crippen molar-refractivity contribution in [2.75, 3.05) is 6.61 Å². The Morgan fingerprint density at radius 3 is 2.33 bits per heavy atom. The highest BCUT2D eigenvalue weighted by Gasteiger charge is 2.69. The molecule has 0 aliphatic heterocycles. The number of hydrogen-bond acceptors (Lipinski definition) is 5. The van der Waals surface area contributed by atoms with Crippen molar-refractivity contribution in [1.29, 1.82) is 0 Å². The van der Waals surface area contributed by atoms with E-state index in [0.717, 1.165) is 50.5 Å². The van der Waals surface area contributed by atoms with Crippen LogP contribution in [-0.2, 0) is 14.3 Å². The summed E-state index contributed by atoms with van der Waals surface area (Å²) in [5.41, 5.74) is 1.40. The van der Waals surface area contributed by atoms with Gasteiger partial charge in [0, 0.05) is 6.08 Å². The van der Waals surface area contributed by atoms with Crippen molar-refractivity contribution >= 4 is 18.0 Å². The normalized spacial score (nSPS) is 43.7. The average molecular weight is 619 g/mol. The molecule has 0 unspecified atom stereocenters. The number of allylic oxidation sites excluding steroid dienone is 2. The number of carboxylic acid groups (broad SMARTS) is 1. The summed E-state index contributed by atoms with van der Waals surface area (Å²) in [4.78, 5) is 25.9. The Hall–Kier alpha value is -2.60. The molecular formula is C39H54O6. The van der Waals surface area contributed by atoms with Gasteiger partial charge in [0.25, 0.3) is 0 Å². The molecule has 0 saturated heterocycles. The fourth-order valence-corrected chi connectivity index (χ4v) is 12.0. The molecule has 5 aliphatic carbocycles. The lowest BCUT2D eigenvalue weighted by atomic mass is 9.33. The summed E-state index contributed by atoms with van der Waals surface area (Å²) in [6, 6.07) is 6.64. The number of aliphatic hydroxyl groups is 1. The zero-order valence-electron chi connectivity index (χ0n) is 28.1. The van der Waals surface area contributed by atoms with Gasteiger partial charge in [0.1, 0.15) is 5.75 Å². The molecule has 0 bridgehead atoms. The van der Waals surface area contributed by atoms with Gasteiger partial charge >= 0.3 is 11.9 Å². The van der Waals surface area contributed by atoms with Gasteiger partial charge in [-0.3, -0.25) is 4.79 Å². The van der Waals surface area contributed by atoms with Crippen LogP contribution < -0.4 is 0 Å². The van der Waals surface area contributed by atoms with Crippen molar-refractivity contribution in [2.24, 2.45) is 56.7 Å². The summed E-state index contributed by atoms with van der Waals surface area (Å²) in [5, 5.41) is 31.3. The third-order valence-electron chi connectivity index (χ3n) is 14.9. The van der Waals surface area contributed by atoms with Crippen LogP contribution in [0.4, 0.5) is 0 Å². The maximum absolute atomic E-state index is 13.2. The molecule has 5 aliphatic rings. The number of esters is 1. The molecule has 4 fully saturated rings. The number of phenolic OH excluding ortho intramolecular Hbond substituents is 1. The van der Waals surface area contributed by atoms with Crippen LogP contribution >= 0.6 is 0 Å². The monoisotopic (exact) mass is 618 g/mol. The van der Waals surface area contributed by atoms with Gasteiger partial charge in [0.05, 0.1) is 18.1 Å². The highest BCUT2D eigenvalue weighted by atomic mass is 16.5. The molecule has 45 heavy (non-hydrogen) atoms. The summed E-state index contributed by atoms with van der Waals surface area (Å²) >= 11 is 0. The first kappa shape index (κ1) is 32.3. The van der Waals surface area contributed by atoms with Crippen molar-refractivity contribution in [1.82, 2.24) is 0 Å². The maximum atomic E-state index is 13.2. The minimum Gasteiger partial charge on any atom is -0.508 e. The Morgan fingerprint density at radius 1 is 0.933 bits per heavy atom. The van der Waals surface area contributed by atoms with E-state index in [0.29, 0.717) is 24.7 Å². The standard InChI is InChI=1S/C39H54O6/c1-24-26(23-45-32(42)14-9-25-7-10-27(40)11-8-25)15-20-39(34(43)44)22-21-37(5)28(33(24)39)12-13-30-36(4)18-17-31(41)35(2,3)29(36)16-19-38(30,37)6/h7-12,14,24,26,29-31,33,40-41H,13,15-23H2,1-6H3,(H,43,44)/t24-,26+,29-,30+,31-,33+,36+,37+,38+,39+/m0/s1. The van der Waals surface area contributed by atoms with E-state index < -0.39 is 17.4 Å². The Labute approximate surface area is 269 Å². The Bertz CT molecular complexity index is 1390. The van der Waals surface area contributed by atoms with Crippen LogP contribution in [0.5, 0.6) is 5.75 Å². The van der Waals surface area contributed by atoms with Crippen LogP contribution in [0, 0.1) is 56.7 Å². The number of aliphatic hydroxyl groups excluding tert-OH is 1. The molecule has 246 valence electrons. The van der Waals surface area contributed by atoms with Crippen molar-refractivity contribution in [3.05, 3.63) is 47.6 Å². The van der Waals surface area contributed by atoms with E-state index in [1.165, 1.54) is 11.6 Å². The van der Waals surface area contributed by atoms with Crippen molar-refractivity contribution in [3.8, 4) is 5.75 Å². The molecule has 0 aromatic heterocycles. The van der Waals surface area contributed by atoms with Crippen LogP contribution in [0.3, 0.4) is 0 Å². The number of carbonyl (C=O) groups is 2. The van der Waals surface area contributed by atoms with Crippen LogP contribution in [0.2, 0.25) is 0 Å². The Kier molecular flexibility index (Phi) is 7.90. The second-order valence-electron chi connectivity index (χ2n) is 16.8. The van der Waals surface area contributed by atoms with E-state index >= 15 is 0 Å². The first-order valence-corrected chi connectivity index (χ1v) is 17.4. The third kappa shape index (κ3) is 4.74. The summed E-state index contributed by atoms with van der Waals surface area (Å²) < 4.78 is 5.78. The van der Waals surface area contributed by atoms with Gasteiger partial charge in [-0.2, -0.15) is 0 Å². The lowest BCUT2D eigenvalue weighted by Crippen LogP contribution is -2.65. The number of benzene rings is 1. The highest BCUT2D eigenvalue weighted by molar-refractivity contribution is 5.87. The molecule has 0 amide bonds. The SMILES string of the molecule is C[C@H]1[C@@H](COC(=O)C=Cc2ccc(O)cc2)CC[C@@]2(C(=O)O)CC[C@]3(C)C(=CC[C@@H]4[C@]5(C)CC[C@H](O)C(C)(C)[C@@H]5CC[C@]43C)[C@@H]12. The molecule has 0 spiro atoms. The third-order valence-corrected chi connectivity index (χ3v) is 14.9. The second kappa shape index (κ2) is 11.0. The number of aliphatic carboxylic acids is 1. The molecule has 0 heterocycles. The zero-order chi connectivity index (χ0) is 32.6. The Balaban J connectivity index is 1.27. The molecule has 10 atom stereocenters. The van der Waals surface area contributed by atoms with E-state index in [-0.39, 0.29) is 57.9 Å². The second-order valence-corrected chi connectivity index (χ2v) is 16.8. The number of carboxylic acids is 1. The van der Waals surface area contributed by atoms with E-state index in [9.17, 15) is 24.9 Å². The number of ether oxygens (including phenoxy) is 1. The predicted octanol–water partition coefficient (Wildman–Crippen LogP) is 8.03. The van der Waals surface area contributed by atoms with E-state index in [4.69, 9.17) is 4.74 Å². The van der Waals surface area contributed by atoms with Crippen LogP contribution in [0.25, 0.3) is 6.08 Å². The number of phenols is 1. The zero-order valence-corrected chi connectivity index (χ0v) is 28.1. The van der Waals surface area contributed by atoms with Gasteiger partial charge in [0.15, 0.2) is 0 Å². The molecule has 1 aromatic rings. The largest absolute Gasteiger partial charge is 0.508 e. The number of rotatable bonds is 5. The van der Waals surface area contributed by atoms with Crippen molar-refractivity contribution in [3.63, 3.8) is 0 Å². The lowest BCUT2D eigenvalue weighted by Gasteiger charge is -2.71. The number of carbonyl (C=O) groups excluding carboxylic acids is 1. The lowest BCUT2D eigenvalue weighted by molar-refractivity contribution is -0.207. The number of fused-ring (bicyclic) bond motifs is 7. The molecule has 6 heteroatoms. The summed E-state index contributed by atoms with van der Waals surface area (Å²) in [5.74, 6) is 0.167. The minimum absolute atomic E-state index is 0.0590. The summed E-state index contributed by atoms with van der Waals surface area (Å²) in [6.45, 7) is 14.5. The molecule has 3 N–H and O–H groups in total. The number of aromatic hydroxyl groups is 1. The smallest absolute Gasteiger partial charge is 0.330 e. The van der Waals surface area contributed by atoms with E-state index in [1.54, 1.807) is 30.3 Å². The molecule has 6 rings (SSSR count). The van der Waals surface area contributed by atoms with Gasteiger partial charge in [-0.25, -0.2) is 4.79 Å². The molecular weight excluding hydrogens is 564 g/mol. The van der Waals surface area contributed by atoms with E-state index in [2.05, 4.69) is 47.6 Å². The van der Waals surface area contributed by atoms with Crippen LogP contribution in [0.1, 0.15) is 105 Å². The molecule has 0 radical (unpaired) electrons. The molecule has 4 saturated carbocycles. The first-order valence-electron chi connectivity index (χ1n) is 17.4. The molecule has 6 nitrogen and oxygen atoms in total. The van der Waals surface area contributed by atoms with Gasteiger partial charge < -0.3 is 20.1 Å². The summed E-state index contributed by atoms with van der Waals surface area (Å²) in [7, 11) is 0. The number of hydrogen-bond donors (Lipinski definition) is 3. The maximum Gasteiger partial charge on any atom is 0.330 e. The van der Waals surface area contributed by atoms with E-state index in [1.807, 2.05) is 0 Å².